The molecular weight excluding hydrogens is 278 g/mol. The second kappa shape index (κ2) is 7.79. The molecule has 23 heavy (non-hydrogen) atoms. The zero-order valence-electron chi connectivity index (χ0n) is 14.4. The van der Waals surface area contributed by atoms with Gasteiger partial charge in [0.1, 0.15) is 0 Å². The maximum Gasteiger partial charge on any atom is 0.0237 e. The van der Waals surface area contributed by atoms with Crippen molar-refractivity contribution in [3.8, 4) is 0 Å². The monoisotopic (exact) mass is 307 g/mol. The lowest BCUT2D eigenvalue weighted by atomic mass is 9.76. The number of fused-ring (bicyclic) bond motifs is 1. The van der Waals surface area contributed by atoms with E-state index in [0.717, 1.165) is 19.4 Å². The molecule has 1 fully saturated rings. The van der Waals surface area contributed by atoms with Crippen molar-refractivity contribution < 1.29 is 0 Å². The molecule has 1 saturated heterocycles. The highest BCUT2D eigenvalue weighted by molar-refractivity contribution is 5.29. The van der Waals surface area contributed by atoms with Crippen molar-refractivity contribution in [2.75, 3.05) is 6.54 Å². The summed E-state index contributed by atoms with van der Waals surface area (Å²) in [6.45, 7) is 8.53. The van der Waals surface area contributed by atoms with Crippen LogP contribution in [-0.2, 0) is 6.54 Å². The first kappa shape index (κ1) is 16.3. The first-order valence-electron chi connectivity index (χ1n) is 9.09. The van der Waals surface area contributed by atoms with Gasteiger partial charge in [-0.1, -0.05) is 66.6 Å². The van der Waals surface area contributed by atoms with Crippen LogP contribution in [0.25, 0.3) is 0 Å². The molecular formula is C22H29N. The van der Waals surface area contributed by atoms with Crippen LogP contribution in [0.2, 0.25) is 0 Å². The van der Waals surface area contributed by atoms with Crippen LogP contribution in [0.15, 0.2) is 66.3 Å². The van der Waals surface area contributed by atoms with Crippen molar-refractivity contribution in [3.05, 3.63) is 71.8 Å². The molecule has 0 unspecified atom stereocenters. The summed E-state index contributed by atoms with van der Waals surface area (Å²) in [7, 11) is 0. The molecule has 0 amide bonds. The fourth-order valence-corrected chi connectivity index (χ4v) is 4.28. The van der Waals surface area contributed by atoms with Crippen molar-refractivity contribution in [1.82, 2.24) is 4.90 Å². The maximum atomic E-state index is 3.96. The van der Waals surface area contributed by atoms with Gasteiger partial charge in [-0.05, 0) is 37.7 Å². The summed E-state index contributed by atoms with van der Waals surface area (Å²) in [6.07, 6.45) is 12.9. The Morgan fingerprint density at radius 2 is 2.13 bits per heavy atom. The van der Waals surface area contributed by atoms with E-state index in [0.29, 0.717) is 12.0 Å². The number of hydrogen-bond donors (Lipinski definition) is 0. The minimum Gasteiger partial charge on any atom is -0.295 e. The van der Waals surface area contributed by atoms with Crippen LogP contribution in [-0.4, -0.2) is 17.5 Å². The van der Waals surface area contributed by atoms with Crippen LogP contribution in [0, 0.1) is 5.92 Å². The number of nitrogens with zero attached hydrogens (tertiary/aromatic N) is 1. The Balaban J connectivity index is 1.83. The third-order valence-electron chi connectivity index (χ3n) is 5.43. The molecule has 0 N–H and O–H groups in total. The second-order valence-corrected chi connectivity index (χ2v) is 6.78. The summed E-state index contributed by atoms with van der Waals surface area (Å²) in [5.41, 5.74) is 4.77. The van der Waals surface area contributed by atoms with Crippen molar-refractivity contribution in [2.45, 2.75) is 51.6 Å². The molecule has 1 aromatic carbocycles. The van der Waals surface area contributed by atoms with Gasteiger partial charge in [-0.3, -0.25) is 4.90 Å². The molecule has 0 radical (unpaired) electrons. The summed E-state index contributed by atoms with van der Waals surface area (Å²) in [6, 6.07) is 11.6. The molecule has 0 saturated carbocycles. The highest BCUT2D eigenvalue weighted by Gasteiger charge is 2.34. The van der Waals surface area contributed by atoms with Crippen LogP contribution < -0.4 is 0 Å². The third kappa shape index (κ3) is 3.67. The molecule has 0 aromatic heterocycles. The van der Waals surface area contributed by atoms with Crippen LogP contribution in [0.5, 0.6) is 0 Å². The van der Waals surface area contributed by atoms with Gasteiger partial charge < -0.3 is 0 Å². The minimum absolute atomic E-state index is 0.621. The number of benzene rings is 1. The Morgan fingerprint density at radius 3 is 2.87 bits per heavy atom. The Bertz CT molecular complexity index is 581. The summed E-state index contributed by atoms with van der Waals surface area (Å²) in [5, 5.41) is 0. The number of hydrogen-bond acceptors (Lipinski definition) is 1. The molecule has 1 aromatic rings. The van der Waals surface area contributed by atoms with E-state index in [2.05, 4.69) is 67.0 Å². The smallest absolute Gasteiger partial charge is 0.0237 e. The summed E-state index contributed by atoms with van der Waals surface area (Å²) < 4.78 is 0. The number of allylic oxidation sites excluding steroid dienone is 3. The van der Waals surface area contributed by atoms with Gasteiger partial charge in [0.15, 0.2) is 0 Å². The van der Waals surface area contributed by atoms with Gasteiger partial charge in [0.05, 0.1) is 0 Å². The molecule has 2 atom stereocenters. The lowest BCUT2D eigenvalue weighted by Crippen LogP contribution is -2.46. The standard InChI is InChI=1S/C22H29N/c1-3-10-19(4-2)20-15-16-23(17-18-11-6-5-7-12-18)22-14-9-8-13-21(20)22/h3,5-8,11-13,21-22H,1,4,9-10,14-17H2,2H3/b20-19+/t21-,22+/m0/s1. The predicted octanol–water partition coefficient (Wildman–Crippen LogP) is 5.51. The van der Waals surface area contributed by atoms with E-state index < -0.39 is 0 Å². The van der Waals surface area contributed by atoms with Crippen LogP contribution in [0.4, 0.5) is 0 Å². The molecule has 0 bridgehead atoms. The average molecular weight is 307 g/mol. The fraction of sp³-hybridized carbons (Fsp3) is 0.455. The van der Waals surface area contributed by atoms with E-state index in [4.69, 9.17) is 0 Å². The van der Waals surface area contributed by atoms with E-state index in [9.17, 15) is 0 Å². The molecule has 1 aliphatic heterocycles. The molecule has 3 rings (SSSR count). The zero-order chi connectivity index (χ0) is 16.1. The SMILES string of the molecule is C=CC/C(CC)=C1\CCN(Cc2ccccc2)[C@@H]2CCC=C[C@@H]12. The molecule has 122 valence electrons. The van der Waals surface area contributed by atoms with Gasteiger partial charge >= 0.3 is 0 Å². The van der Waals surface area contributed by atoms with Crippen molar-refractivity contribution in [3.63, 3.8) is 0 Å². The number of rotatable bonds is 5. The van der Waals surface area contributed by atoms with E-state index in [1.54, 1.807) is 11.1 Å². The van der Waals surface area contributed by atoms with E-state index in [-0.39, 0.29) is 0 Å². The normalized spacial score (nSPS) is 26.7. The molecule has 1 heterocycles. The Hall–Kier alpha value is -1.60. The highest BCUT2D eigenvalue weighted by atomic mass is 15.2. The maximum absolute atomic E-state index is 3.96. The Morgan fingerprint density at radius 1 is 1.30 bits per heavy atom. The van der Waals surface area contributed by atoms with Gasteiger partial charge in [-0.15, -0.1) is 6.58 Å². The van der Waals surface area contributed by atoms with Gasteiger partial charge in [0, 0.05) is 25.0 Å². The first-order chi connectivity index (χ1) is 11.3. The predicted molar refractivity (Wildman–Crippen MR) is 99.3 cm³/mol. The Labute approximate surface area is 141 Å². The fourth-order valence-electron chi connectivity index (χ4n) is 4.28. The minimum atomic E-state index is 0.621. The lowest BCUT2D eigenvalue weighted by Gasteiger charge is -2.44. The van der Waals surface area contributed by atoms with Crippen molar-refractivity contribution >= 4 is 0 Å². The number of piperidine rings is 1. The van der Waals surface area contributed by atoms with E-state index >= 15 is 0 Å². The van der Waals surface area contributed by atoms with Gasteiger partial charge in [0.2, 0.25) is 0 Å². The van der Waals surface area contributed by atoms with Crippen LogP contribution in [0.3, 0.4) is 0 Å². The van der Waals surface area contributed by atoms with Crippen LogP contribution in [0.1, 0.15) is 44.6 Å². The molecule has 1 heteroatoms. The summed E-state index contributed by atoms with van der Waals surface area (Å²) >= 11 is 0. The largest absolute Gasteiger partial charge is 0.295 e. The molecule has 0 spiro atoms. The van der Waals surface area contributed by atoms with E-state index in [1.165, 1.54) is 31.4 Å². The number of likely N-dealkylation sites (tertiary alicyclic amines) is 1. The highest BCUT2D eigenvalue weighted by Crippen LogP contribution is 2.38. The van der Waals surface area contributed by atoms with Gasteiger partial charge in [0.25, 0.3) is 0 Å². The molecule has 1 aliphatic carbocycles. The second-order valence-electron chi connectivity index (χ2n) is 6.78. The lowest BCUT2D eigenvalue weighted by molar-refractivity contribution is 0.124. The topological polar surface area (TPSA) is 3.24 Å². The average Bonchev–Trinajstić information content (AvgIpc) is 2.61. The van der Waals surface area contributed by atoms with Gasteiger partial charge in [-0.2, -0.15) is 0 Å². The van der Waals surface area contributed by atoms with Gasteiger partial charge in [-0.25, -0.2) is 0 Å². The first-order valence-corrected chi connectivity index (χ1v) is 9.09. The molecule has 1 nitrogen and oxygen atoms in total. The molecule has 2 aliphatic rings. The summed E-state index contributed by atoms with van der Waals surface area (Å²) in [5.74, 6) is 0.621. The quantitative estimate of drug-likeness (QED) is 0.648. The van der Waals surface area contributed by atoms with Crippen molar-refractivity contribution in [1.29, 1.82) is 0 Å². The van der Waals surface area contributed by atoms with Crippen LogP contribution >= 0.6 is 0 Å². The van der Waals surface area contributed by atoms with Crippen molar-refractivity contribution in [2.24, 2.45) is 5.92 Å². The Kier molecular flexibility index (Phi) is 5.51. The zero-order valence-corrected chi connectivity index (χ0v) is 14.4. The third-order valence-corrected chi connectivity index (χ3v) is 5.43. The summed E-state index contributed by atoms with van der Waals surface area (Å²) in [4.78, 5) is 2.72. The van der Waals surface area contributed by atoms with E-state index in [1.807, 2.05) is 0 Å².